The third-order valence-electron chi connectivity index (χ3n) is 4.97. The number of nitrogens with zero attached hydrogens (tertiary/aromatic N) is 2. The first-order valence-electron chi connectivity index (χ1n) is 10.2. The van der Waals surface area contributed by atoms with Crippen LogP contribution in [0.2, 0.25) is 0 Å². The fraction of sp³-hybridized carbons (Fsp3) is 0.391. The van der Waals surface area contributed by atoms with Crippen LogP contribution in [-0.2, 0) is 22.6 Å². The van der Waals surface area contributed by atoms with E-state index in [-0.39, 0.29) is 18.6 Å². The lowest BCUT2D eigenvalue weighted by molar-refractivity contribution is -0.126. The van der Waals surface area contributed by atoms with Crippen LogP contribution in [0, 0.1) is 0 Å². The van der Waals surface area contributed by atoms with Crippen molar-refractivity contribution in [2.24, 2.45) is 0 Å². The van der Waals surface area contributed by atoms with Gasteiger partial charge in [-0.3, -0.25) is 9.69 Å². The molecule has 0 spiro atoms. The number of hydrogen-bond donors (Lipinski definition) is 1. The maximum atomic E-state index is 12.3. The Kier molecular flexibility index (Phi) is 8.16. The van der Waals surface area contributed by atoms with Gasteiger partial charge in [0.15, 0.2) is 0 Å². The number of likely N-dealkylation sites (N-methyl/N-ethyl adjacent to an activating group) is 1. The number of hydrogen-bond acceptors (Lipinski definition) is 5. The van der Waals surface area contributed by atoms with Gasteiger partial charge in [0.05, 0.1) is 16.8 Å². The van der Waals surface area contributed by atoms with E-state index in [0.717, 1.165) is 34.7 Å². The minimum Gasteiger partial charge on any atom is -0.364 e. The molecule has 0 radical (unpaired) electrons. The average Bonchev–Trinajstić information content (AvgIpc) is 3.16. The summed E-state index contributed by atoms with van der Waals surface area (Å²) in [6.45, 7) is 7.24. The van der Waals surface area contributed by atoms with Gasteiger partial charge in [0.1, 0.15) is 11.6 Å². The average molecular weight is 412 g/mol. The van der Waals surface area contributed by atoms with E-state index in [2.05, 4.69) is 53.3 Å². The van der Waals surface area contributed by atoms with E-state index in [0.29, 0.717) is 13.2 Å². The van der Waals surface area contributed by atoms with Gasteiger partial charge in [-0.15, -0.1) is 11.3 Å². The molecule has 0 saturated carbocycles. The van der Waals surface area contributed by atoms with Crippen LogP contribution in [-0.4, -0.2) is 48.1 Å². The van der Waals surface area contributed by atoms with E-state index in [1.807, 2.05) is 30.3 Å². The molecular weight excluding hydrogens is 382 g/mol. The van der Waals surface area contributed by atoms with Gasteiger partial charge < -0.3 is 10.1 Å². The topological polar surface area (TPSA) is 54.5 Å². The van der Waals surface area contributed by atoms with Gasteiger partial charge in [0.25, 0.3) is 0 Å². The smallest absolute Gasteiger partial charge is 0.246 e. The second kappa shape index (κ2) is 11.0. The number of fused-ring (bicyclic) bond motifs is 1. The van der Waals surface area contributed by atoms with Crippen molar-refractivity contribution in [3.05, 3.63) is 65.2 Å². The first-order chi connectivity index (χ1) is 14.2. The Morgan fingerprint density at radius 2 is 1.83 bits per heavy atom. The number of thiazole rings is 1. The normalized spacial score (nSPS) is 12.4. The molecule has 1 aromatic heterocycles. The quantitative estimate of drug-likeness (QED) is 0.520. The summed E-state index contributed by atoms with van der Waals surface area (Å²) in [6, 6.07) is 18.7. The molecule has 0 aliphatic carbocycles. The van der Waals surface area contributed by atoms with Crippen LogP contribution in [0.5, 0.6) is 0 Å². The van der Waals surface area contributed by atoms with E-state index in [1.165, 1.54) is 5.56 Å². The van der Waals surface area contributed by atoms with E-state index in [4.69, 9.17) is 4.74 Å². The predicted octanol–water partition coefficient (Wildman–Crippen LogP) is 3.88. The van der Waals surface area contributed by atoms with Gasteiger partial charge in [-0.1, -0.05) is 56.3 Å². The van der Waals surface area contributed by atoms with Crippen LogP contribution in [0.15, 0.2) is 54.6 Å². The Labute approximate surface area is 176 Å². The molecule has 3 rings (SSSR count). The van der Waals surface area contributed by atoms with Crippen molar-refractivity contribution in [2.45, 2.75) is 32.9 Å². The first kappa shape index (κ1) is 21.4. The lowest BCUT2D eigenvalue weighted by atomic mass is 10.0. The molecular formula is C23H29N3O2S. The van der Waals surface area contributed by atoms with Gasteiger partial charge >= 0.3 is 0 Å². The number of nitrogens with one attached hydrogen (secondary N) is 1. The zero-order valence-electron chi connectivity index (χ0n) is 17.1. The number of carbonyl (C=O) groups is 1. The number of carbonyl (C=O) groups excluding carboxylic acids is 1. The number of para-hydroxylation sites is 1. The van der Waals surface area contributed by atoms with Crippen LogP contribution >= 0.6 is 11.3 Å². The maximum absolute atomic E-state index is 12.3. The molecule has 3 aromatic rings. The standard InChI is InChI=1S/C23H29N3O2S/c1-3-26(4-2)19(14-18-10-6-5-7-11-18)15-24-22(27)16-28-17-23-25-20-12-8-9-13-21(20)29-23/h5-13,19H,3-4,14-17H2,1-2H3,(H,24,27). The molecule has 0 aliphatic rings. The van der Waals surface area contributed by atoms with Gasteiger partial charge in [0.2, 0.25) is 5.91 Å². The highest BCUT2D eigenvalue weighted by Gasteiger charge is 2.17. The van der Waals surface area contributed by atoms with Crippen LogP contribution < -0.4 is 5.32 Å². The van der Waals surface area contributed by atoms with Crippen molar-refractivity contribution < 1.29 is 9.53 Å². The number of rotatable bonds is 11. The summed E-state index contributed by atoms with van der Waals surface area (Å²) >= 11 is 1.60. The van der Waals surface area contributed by atoms with Crippen molar-refractivity contribution >= 4 is 27.5 Å². The Bertz CT molecular complexity index is 860. The molecule has 5 nitrogen and oxygen atoms in total. The van der Waals surface area contributed by atoms with Crippen molar-refractivity contribution in [3.8, 4) is 0 Å². The lowest BCUT2D eigenvalue weighted by Gasteiger charge is -2.30. The summed E-state index contributed by atoms with van der Waals surface area (Å²) < 4.78 is 6.73. The van der Waals surface area contributed by atoms with E-state index < -0.39 is 0 Å². The molecule has 6 heteroatoms. The SMILES string of the molecule is CCN(CC)C(CNC(=O)COCc1nc2ccccc2s1)Cc1ccccc1. The molecule has 29 heavy (non-hydrogen) atoms. The van der Waals surface area contributed by atoms with Gasteiger partial charge in [-0.2, -0.15) is 0 Å². The second-order valence-electron chi connectivity index (χ2n) is 6.94. The van der Waals surface area contributed by atoms with Crippen molar-refractivity contribution in [1.82, 2.24) is 15.2 Å². The third kappa shape index (κ3) is 6.35. The molecule has 0 bridgehead atoms. The first-order valence-corrected chi connectivity index (χ1v) is 11.0. The summed E-state index contributed by atoms with van der Waals surface area (Å²) in [5.74, 6) is -0.0867. The second-order valence-corrected chi connectivity index (χ2v) is 8.05. The van der Waals surface area contributed by atoms with Gasteiger partial charge in [0, 0.05) is 12.6 Å². The molecule has 0 fully saturated rings. The molecule has 1 atom stereocenters. The molecule has 0 aliphatic heterocycles. The van der Waals surface area contributed by atoms with Crippen molar-refractivity contribution in [2.75, 3.05) is 26.2 Å². The van der Waals surface area contributed by atoms with E-state index in [1.54, 1.807) is 11.3 Å². The number of benzene rings is 2. The van der Waals surface area contributed by atoms with Crippen LogP contribution in [0.3, 0.4) is 0 Å². The molecule has 0 saturated heterocycles. The maximum Gasteiger partial charge on any atom is 0.246 e. The van der Waals surface area contributed by atoms with Crippen molar-refractivity contribution in [3.63, 3.8) is 0 Å². The Hall–Kier alpha value is -2.28. The summed E-state index contributed by atoms with van der Waals surface area (Å²) in [5, 5.41) is 3.94. The van der Waals surface area contributed by atoms with Crippen LogP contribution in [0.4, 0.5) is 0 Å². The fourth-order valence-electron chi connectivity index (χ4n) is 3.45. The predicted molar refractivity (Wildman–Crippen MR) is 119 cm³/mol. The third-order valence-corrected chi connectivity index (χ3v) is 5.98. The number of amides is 1. The summed E-state index contributed by atoms with van der Waals surface area (Å²) in [6.07, 6.45) is 0.912. The molecule has 154 valence electrons. The highest BCUT2D eigenvalue weighted by atomic mass is 32.1. The molecule has 1 unspecified atom stereocenters. The molecule has 1 amide bonds. The largest absolute Gasteiger partial charge is 0.364 e. The Morgan fingerprint density at radius 1 is 1.10 bits per heavy atom. The zero-order chi connectivity index (χ0) is 20.5. The Morgan fingerprint density at radius 3 is 2.55 bits per heavy atom. The highest BCUT2D eigenvalue weighted by Crippen LogP contribution is 2.21. The molecule has 2 aromatic carbocycles. The summed E-state index contributed by atoms with van der Waals surface area (Å²) in [7, 11) is 0. The minimum atomic E-state index is -0.0867. The van der Waals surface area contributed by atoms with Gasteiger partial charge in [-0.25, -0.2) is 4.98 Å². The van der Waals surface area contributed by atoms with E-state index in [9.17, 15) is 4.79 Å². The number of ether oxygens (including phenoxy) is 1. The fourth-order valence-corrected chi connectivity index (χ4v) is 4.36. The van der Waals surface area contributed by atoms with Crippen molar-refractivity contribution in [1.29, 1.82) is 0 Å². The lowest BCUT2D eigenvalue weighted by Crippen LogP contribution is -2.45. The highest BCUT2D eigenvalue weighted by molar-refractivity contribution is 7.18. The monoisotopic (exact) mass is 411 g/mol. The van der Waals surface area contributed by atoms with Crippen LogP contribution in [0.1, 0.15) is 24.4 Å². The van der Waals surface area contributed by atoms with Gasteiger partial charge in [-0.05, 0) is 37.2 Å². The Balaban J connectivity index is 1.47. The minimum absolute atomic E-state index is 0.0478. The zero-order valence-corrected chi connectivity index (χ0v) is 18.0. The van der Waals surface area contributed by atoms with Crippen LogP contribution in [0.25, 0.3) is 10.2 Å². The molecule has 1 N–H and O–H groups in total. The summed E-state index contributed by atoms with van der Waals surface area (Å²) in [5.41, 5.74) is 2.26. The molecule has 1 heterocycles. The van der Waals surface area contributed by atoms with E-state index >= 15 is 0 Å². The summed E-state index contributed by atoms with van der Waals surface area (Å²) in [4.78, 5) is 19.2. The number of aromatic nitrogens is 1.